The molecular formula is C20H10F6N4. The third-order valence-electron chi connectivity index (χ3n) is 4.15. The summed E-state index contributed by atoms with van der Waals surface area (Å²) in [4.78, 5) is 8.26. The number of benzene rings is 3. The molecule has 4 aromatic rings. The Hall–Kier alpha value is -3.82. The third kappa shape index (κ3) is 3.47. The summed E-state index contributed by atoms with van der Waals surface area (Å²) in [7, 11) is 0. The minimum absolute atomic E-state index is 0.267. The van der Waals surface area contributed by atoms with Crippen LogP contribution in [0, 0.1) is 34.9 Å². The molecule has 3 aromatic carbocycles. The van der Waals surface area contributed by atoms with Gasteiger partial charge in [0.15, 0.2) is 34.9 Å². The summed E-state index contributed by atoms with van der Waals surface area (Å²) in [6.45, 7) is 0. The van der Waals surface area contributed by atoms with E-state index in [1.807, 2.05) is 0 Å². The van der Waals surface area contributed by atoms with Crippen LogP contribution in [0.3, 0.4) is 0 Å². The van der Waals surface area contributed by atoms with E-state index in [0.29, 0.717) is 24.3 Å². The van der Waals surface area contributed by atoms with Crippen LogP contribution in [0.1, 0.15) is 0 Å². The predicted molar refractivity (Wildman–Crippen MR) is 98.7 cm³/mol. The number of anilines is 4. The number of nitrogens with zero attached hydrogens (tertiary/aromatic N) is 2. The summed E-state index contributed by atoms with van der Waals surface area (Å²) >= 11 is 0. The zero-order chi connectivity index (χ0) is 21.4. The van der Waals surface area contributed by atoms with E-state index in [4.69, 9.17) is 0 Å². The summed E-state index contributed by atoms with van der Waals surface area (Å²) < 4.78 is 83.4. The molecule has 0 amide bonds. The van der Waals surface area contributed by atoms with Crippen LogP contribution in [0.15, 0.2) is 48.5 Å². The first kappa shape index (κ1) is 19.5. The monoisotopic (exact) mass is 420 g/mol. The lowest BCUT2D eigenvalue weighted by atomic mass is 10.2. The number of halogens is 6. The van der Waals surface area contributed by atoms with Gasteiger partial charge in [-0.2, -0.15) is 0 Å². The van der Waals surface area contributed by atoms with Gasteiger partial charge in [-0.3, -0.25) is 0 Å². The van der Waals surface area contributed by atoms with Gasteiger partial charge in [0.2, 0.25) is 0 Å². The maximum Gasteiger partial charge on any atom is 0.185 e. The van der Waals surface area contributed by atoms with Crippen molar-refractivity contribution in [2.45, 2.75) is 0 Å². The number of fused-ring (bicyclic) bond motifs is 1. The molecule has 0 aliphatic carbocycles. The molecule has 0 aliphatic rings. The molecule has 0 spiro atoms. The Labute approximate surface area is 165 Å². The Bertz CT molecular complexity index is 1180. The summed E-state index contributed by atoms with van der Waals surface area (Å²) in [5.74, 6) is -8.75. The molecule has 0 fully saturated rings. The van der Waals surface area contributed by atoms with Crippen molar-refractivity contribution in [3.8, 4) is 0 Å². The van der Waals surface area contributed by atoms with Crippen molar-refractivity contribution in [3.05, 3.63) is 83.4 Å². The molecule has 0 bridgehead atoms. The number of para-hydroxylation sites is 2. The van der Waals surface area contributed by atoms with Crippen LogP contribution in [-0.2, 0) is 0 Å². The molecule has 0 saturated carbocycles. The average Bonchev–Trinajstić information content (AvgIpc) is 2.74. The van der Waals surface area contributed by atoms with E-state index in [1.54, 1.807) is 12.1 Å². The summed E-state index contributed by atoms with van der Waals surface area (Å²) in [6.07, 6.45) is 0. The van der Waals surface area contributed by atoms with Crippen molar-refractivity contribution >= 4 is 34.0 Å². The summed E-state index contributed by atoms with van der Waals surface area (Å²) in [5, 5.41) is 4.50. The molecule has 0 aliphatic heterocycles. The molecule has 30 heavy (non-hydrogen) atoms. The van der Waals surface area contributed by atoms with Crippen molar-refractivity contribution in [1.82, 2.24) is 9.97 Å². The summed E-state index contributed by atoms with van der Waals surface area (Å²) in [5.41, 5.74) is -1.24. The zero-order valence-electron chi connectivity index (χ0n) is 14.8. The Morgan fingerprint density at radius 3 is 1.27 bits per heavy atom. The van der Waals surface area contributed by atoms with E-state index < -0.39 is 46.3 Å². The fourth-order valence-electron chi connectivity index (χ4n) is 2.69. The average molecular weight is 420 g/mol. The van der Waals surface area contributed by atoms with Gasteiger partial charge in [0.1, 0.15) is 23.0 Å². The lowest BCUT2D eigenvalue weighted by molar-refractivity contribution is 0.499. The molecule has 4 rings (SSSR count). The molecule has 4 nitrogen and oxygen atoms in total. The van der Waals surface area contributed by atoms with E-state index in [2.05, 4.69) is 20.6 Å². The lowest BCUT2D eigenvalue weighted by Crippen LogP contribution is -2.08. The Morgan fingerprint density at radius 1 is 0.500 bits per heavy atom. The van der Waals surface area contributed by atoms with Crippen LogP contribution in [0.25, 0.3) is 11.0 Å². The van der Waals surface area contributed by atoms with Crippen LogP contribution in [0.4, 0.5) is 49.4 Å². The van der Waals surface area contributed by atoms with E-state index >= 15 is 0 Å². The van der Waals surface area contributed by atoms with Crippen molar-refractivity contribution in [1.29, 1.82) is 0 Å². The Morgan fingerprint density at radius 2 is 0.867 bits per heavy atom. The van der Waals surface area contributed by atoms with Gasteiger partial charge in [0.05, 0.1) is 11.0 Å². The number of nitrogens with one attached hydrogen (secondary N) is 2. The fraction of sp³-hybridized carbons (Fsp3) is 0. The van der Waals surface area contributed by atoms with Crippen LogP contribution in [-0.4, -0.2) is 9.97 Å². The van der Waals surface area contributed by atoms with Crippen molar-refractivity contribution in [3.63, 3.8) is 0 Å². The van der Waals surface area contributed by atoms with Crippen molar-refractivity contribution in [2.75, 3.05) is 10.6 Å². The van der Waals surface area contributed by atoms with Gasteiger partial charge in [-0.25, -0.2) is 36.3 Å². The van der Waals surface area contributed by atoms with E-state index in [-0.39, 0.29) is 22.7 Å². The standard InChI is InChI=1S/C20H10F6N4/c21-9-5-7-11(23)17(15(9)25)29-19-20(28-14-4-2-1-3-13(14)27-19)30-18-12(24)8-6-10(22)16(18)26/h1-8H,(H,27,29)(H,28,30). The quantitative estimate of drug-likeness (QED) is 0.316. The van der Waals surface area contributed by atoms with Gasteiger partial charge in [-0.1, -0.05) is 12.1 Å². The van der Waals surface area contributed by atoms with E-state index in [9.17, 15) is 26.3 Å². The minimum atomic E-state index is -1.53. The largest absolute Gasteiger partial charge is 0.332 e. The predicted octanol–water partition coefficient (Wildman–Crippen LogP) is 5.95. The van der Waals surface area contributed by atoms with Crippen molar-refractivity contribution < 1.29 is 26.3 Å². The number of hydrogen-bond acceptors (Lipinski definition) is 4. The minimum Gasteiger partial charge on any atom is -0.332 e. The molecule has 1 aromatic heterocycles. The number of hydrogen-bond donors (Lipinski definition) is 2. The molecule has 2 N–H and O–H groups in total. The Balaban J connectivity index is 1.87. The molecule has 1 heterocycles. The van der Waals surface area contributed by atoms with Gasteiger partial charge < -0.3 is 10.6 Å². The van der Waals surface area contributed by atoms with Gasteiger partial charge in [0, 0.05) is 0 Å². The molecular weight excluding hydrogens is 410 g/mol. The van der Waals surface area contributed by atoms with Crippen LogP contribution in [0.5, 0.6) is 0 Å². The highest BCUT2D eigenvalue weighted by molar-refractivity contribution is 5.83. The molecule has 152 valence electrons. The molecule has 0 unspecified atom stereocenters. The topological polar surface area (TPSA) is 49.8 Å². The highest BCUT2D eigenvalue weighted by atomic mass is 19.2. The molecule has 0 atom stereocenters. The second-order valence-corrected chi connectivity index (χ2v) is 6.10. The third-order valence-corrected chi connectivity index (χ3v) is 4.15. The molecule has 0 saturated heterocycles. The van der Waals surface area contributed by atoms with Gasteiger partial charge >= 0.3 is 0 Å². The maximum absolute atomic E-state index is 14.1. The second-order valence-electron chi connectivity index (χ2n) is 6.10. The van der Waals surface area contributed by atoms with Crippen LogP contribution in [0.2, 0.25) is 0 Å². The summed E-state index contributed by atoms with van der Waals surface area (Å²) in [6, 6.07) is 8.85. The highest BCUT2D eigenvalue weighted by Gasteiger charge is 2.20. The Kier molecular flexibility index (Phi) is 4.90. The maximum atomic E-state index is 14.1. The van der Waals surface area contributed by atoms with E-state index in [1.165, 1.54) is 12.1 Å². The van der Waals surface area contributed by atoms with E-state index in [0.717, 1.165) is 0 Å². The van der Waals surface area contributed by atoms with Gasteiger partial charge in [-0.05, 0) is 36.4 Å². The first-order valence-electron chi connectivity index (χ1n) is 8.43. The molecule has 0 radical (unpaired) electrons. The normalized spacial score (nSPS) is 11.0. The smallest absolute Gasteiger partial charge is 0.185 e. The van der Waals surface area contributed by atoms with Crippen molar-refractivity contribution in [2.24, 2.45) is 0 Å². The van der Waals surface area contributed by atoms with Crippen LogP contribution < -0.4 is 10.6 Å². The SMILES string of the molecule is Fc1ccc(F)c(Nc2nc3ccccc3nc2Nc2c(F)ccc(F)c2F)c1F. The number of aromatic nitrogens is 2. The number of rotatable bonds is 4. The lowest BCUT2D eigenvalue weighted by Gasteiger charge is -2.15. The molecule has 10 heteroatoms. The second kappa shape index (κ2) is 7.54. The zero-order valence-corrected chi connectivity index (χ0v) is 14.8. The first-order valence-corrected chi connectivity index (χ1v) is 8.43. The highest BCUT2D eigenvalue weighted by Crippen LogP contribution is 2.32. The fourth-order valence-corrected chi connectivity index (χ4v) is 2.69. The van der Waals surface area contributed by atoms with Gasteiger partial charge in [0.25, 0.3) is 0 Å². The first-order chi connectivity index (χ1) is 14.3. The van der Waals surface area contributed by atoms with Gasteiger partial charge in [-0.15, -0.1) is 0 Å². The van der Waals surface area contributed by atoms with Crippen LogP contribution >= 0.6 is 0 Å².